The second-order valence-corrected chi connectivity index (χ2v) is 5.80. The van der Waals surface area contributed by atoms with Crippen molar-refractivity contribution < 1.29 is 14.6 Å². The molecule has 102 valence electrons. The minimum absolute atomic E-state index is 0.113. The average molecular weight is 260 g/mol. The Morgan fingerprint density at radius 3 is 2.74 bits per heavy atom. The summed E-state index contributed by atoms with van der Waals surface area (Å²) in [7, 11) is 0. The van der Waals surface area contributed by atoms with Crippen molar-refractivity contribution in [3.8, 4) is 0 Å². The van der Waals surface area contributed by atoms with E-state index in [1.165, 1.54) is 0 Å². The summed E-state index contributed by atoms with van der Waals surface area (Å²) in [5.74, 6) is -0.130. The van der Waals surface area contributed by atoms with Gasteiger partial charge in [-0.2, -0.15) is 0 Å². The van der Waals surface area contributed by atoms with E-state index in [4.69, 9.17) is 4.74 Å². The lowest BCUT2D eigenvalue weighted by atomic mass is 9.77. The van der Waals surface area contributed by atoms with Gasteiger partial charge in [-0.3, -0.25) is 0 Å². The van der Waals surface area contributed by atoms with Crippen molar-refractivity contribution in [1.29, 1.82) is 0 Å². The molecule has 0 aliphatic heterocycles. The molecule has 1 unspecified atom stereocenters. The van der Waals surface area contributed by atoms with E-state index < -0.39 is 5.60 Å². The van der Waals surface area contributed by atoms with Crippen molar-refractivity contribution in [2.45, 2.75) is 50.2 Å². The van der Waals surface area contributed by atoms with Crippen LogP contribution < -0.4 is 0 Å². The Labute approximate surface area is 113 Å². The first-order valence-electron chi connectivity index (χ1n) is 7.17. The molecule has 0 bridgehead atoms. The van der Waals surface area contributed by atoms with E-state index in [2.05, 4.69) is 0 Å². The number of hydrogen-bond donors (Lipinski definition) is 1. The van der Waals surface area contributed by atoms with E-state index in [0.29, 0.717) is 5.56 Å². The molecule has 0 spiro atoms. The van der Waals surface area contributed by atoms with Crippen molar-refractivity contribution >= 4 is 5.97 Å². The summed E-state index contributed by atoms with van der Waals surface area (Å²) in [5.41, 5.74) is 0.00799. The van der Waals surface area contributed by atoms with Gasteiger partial charge in [-0.05, 0) is 37.8 Å². The van der Waals surface area contributed by atoms with Gasteiger partial charge in [0.1, 0.15) is 6.10 Å². The van der Waals surface area contributed by atoms with Crippen LogP contribution in [0.2, 0.25) is 0 Å². The molecule has 1 aromatic rings. The molecule has 1 N–H and O–H groups in total. The maximum atomic E-state index is 12.1. The molecule has 0 amide bonds. The predicted molar refractivity (Wildman–Crippen MR) is 71.8 cm³/mol. The van der Waals surface area contributed by atoms with Crippen molar-refractivity contribution in [1.82, 2.24) is 0 Å². The Balaban J connectivity index is 1.69. The van der Waals surface area contributed by atoms with Crippen molar-refractivity contribution in [2.75, 3.05) is 0 Å². The fraction of sp³-hybridized carbons (Fsp3) is 0.562. The maximum Gasteiger partial charge on any atom is 0.338 e. The summed E-state index contributed by atoms with van der Waals surface area (Å²) in [6.45, 7) is 0. The van der Waals surface area contributed by atoms with Gasteiger partial charge in [0.15, 0.2) is 0 Å². The molecular formula is C16H20O3. The Morgan fingerprint density at radius 1 is 1.16 bits per heavy atom. The first-order chi connectivity index (χ1) is 9.19. The van der Waals surface area contributed by atoms with Gasteiger partial charge in [0.2, 0.25) is 0 Å². The van der Waals surface area contributed by atoms with Crippen LogP contribution in [0.3, 0.4) is 0 Å². The predicted octanol–water partition coefficient (Wildman–Crippen LogP) is 2.93. The smallest absolute Gasteiger partial charge is 0.338 e. The van der Waals surface area contributed by atoms with E-state index >= 15 is 0 Å². The third kappa shape index (κ3) is 2.39. The molecule has 2 aliphatic rings. The summed E-state index contributed by atoms with van der Waals surface area (Å²) in [5, 5.41) is 10.6. The highest BCUT2D eigenvalue weighted by atomic mass is 16.5. The molecule has 19 heavy (non-hydrogen) atoms. The number of rotatable bonds is 2. The van der Waals surface area contributed by atoms with Gasteiger partial charge in [0.05, 0.1) is 11.2 Å². The molecule has 3 nitrogen and oxygen atoms in total. The minimum Gasteiger partial charge on any atom is -0.458 e. The lowest BCUT2D eigenvalue weighted by Crippen LogP contribution is -2.40. The molecule has 1 aromatic carbocycles. The summed E-state index contributed by atoms with van der Waals surface area (Å²) in [6.07, 6.45) is 5.50. The number of hydrogen-bond acceptors (Lipinski definition) is 3. The van der Waals surface area contributed by atoms with E-state index in [1.807, 2.05) is 18.2 Å². The fourth-order valence-electron chi connectivity index (χ4n) is 3.61. The Kier molecular flexibility index (Phi) is 3.31. The molecule has 2 saturated carbocycles. The molecular weight excluding hydrogens is 240 g/mol. The normalized spacial score (nSPS) is 33.7. The zero-order valence-corrected chi connectivity index (χ0v) is 11.0. The van der Waals surface area contributed by atoms with E-state index in [1.54, 1.807) is 12.1 Å². The molecule has 3 atom stereocenters. The highest BCUT2D eigenvalue weighted by Gasteiger charge is 2.49. The van der Waals surface area contributed by atoms with Crippen LogP contribution in [-0.2, 0) is 4.74 Å². The van der Waals surface area contributed by atoms with Crippen LogP contribution in [0.15, 0.2) is 30.3 Å². The Morgan fingerprint density at radius 2 is 1.95 bits per heavy atom. The monoisotopic (exact) mass is 260 g/mol. The molecule has 0 radical (unpaired) electrons. The quantitative estimate of drug-likeness (QED) is 0.832. The van der Waals surface area contributed by atoms with Gasteiger partial charge >= 0.3 is 5.97 Å². The lowest BCUT2D eigenvalue weighted by Gasteiger charge is -2.36. The average Bonchev–Trinajstić information content (AvgIpc) is 2.77. The summed E-state index contributed by atoms with van der Waals surface area (Å²) < 4.78 is 5.63. The topological polar surface area (TPSA) is 46.5 Å². The van der Waals surface area contributed by atoms with Gasteiger partial charge in [0.25, 0.3) is 0 Å². The van der Waals surface area contributed by atoms with Gasteiger partial charge in [-0.1, -0.05) is 31.0 Å². The zero-order chi connectivity index (χ0) is 13.3. The Hall–Kier alpha value is -1.35. The molecule has 0 aromatic heterocycles. The van der Waals surface area contributed by atoms with Crippen molar-refractivity contribution in [3.05, 3.63) is 35.9 Å². The number of carbonyl (C=O) groups excluding carboxylic acids is 1. The van der Waals surface area contributed by atoms with Gasteiger partial charge < -0.3 is 9.84 Å². The van der Waals surface area contributed by atoms with Crippen LogP contribution in [0.1, 0.15) is 48.9 Å². The summed E-state index contributed by atoms with van der Waals surface area (Å²) in [4.78, 5) is 12.1. The molecule has 0 saturated heterocycles. The molecule has 3 heteroatoms. The second kappa shape index (κ2) is 4.97. The fourth-order valence-corrected chi connectivity index (χ4v) is 3.61. The number of aliphatic hydroxyl groups is 1. The standard InChI is InChI=1S/C16H20O3/c17-15(12-6-2-1-3-7-12)19-14-9-11-16(18)10-5-4-8-13(14)16/h1-3,6-7,13-14,18H,4-5,8-11H2/t13-,14?,16-/m1/s1. The van der Waals surface area contributed by atoms with Crippen molar-refractivity contribution in [3.63, 3.8) is 0 Å². The number of esters is 1. The molecule has 2 fully saturated rings. The summed E-state index contributed by atoms with van der Waals surface area (Å²) in [6, 6.07) is 9.09. The van der Waals surface area contributed by atoms with E-state index in [0.717, 1.165) is 38.5 Å². The molecule has 3 rings (SSSR count). The highest BCUT2D eigenvalue weighted by Crippen LogP contribution is 2.46. The first-order valence-corrected chi connectivity index (χ1v) is 7.17. The number of benzene rings is 1. The maximum absolute atomic E-state index is 12.1. The Bertz CT molecular complexity index is 456. The van der Waals surface area contributed by atoms with Gasteiger partial charge in [-0.25, -0.2) is 4.79 Å². The van der Waals surface area contributed by atoms with Gasteiger partial charge in [-0.15, -0.1) is 0 Å². The lowest BCUT2D eigenvalue weighted by molar-refractivity contribution is -0.0600. The highest BCUT2D eigenvalue weighted by molar-refractivity contribution is 5.89. The van der Waals surface area contributed by atoms with Crippen molar-refractivity contribution in [2.24, 2.45) is 5.92 Å². The minimum atomic E-state index is -0.583. The largest absolute Gasteiger partial charge is 0.458 e. The van der Waals surface area contributed by atoms with Crippen LogP contribution in [-0.4, -0.2) is 22.8 Å². The third-order valence-corrected chi connectivity index (χ3v) is 4.64. The summed E-state index contributed by atoms with van der Waals surface area (Å²) >= 11 is 0. The van der Waals surface area contributed by atoms with Crippen LogP contribution in [0.5, 0.6) is 0 Å². The van der Waals surface area contributed by atoms with E-state index in [9.17, 15) is 9.90 Å². The molecule has 2 aliphatic carbocycles. The van der Waals surface area contributed by atoms with Gasteiger partial charge in [0, 0.05) is 5.92 Å². The van der Waals surface area contributed by atoms with E-state index in [-0.39, 0.29) is 18.0 Å². The zero-order valence-electron chi connectivity index (χ0n) is 11.0. The van der Waals surface area contributed by atoms with Crippen LogP contribution in [0.25, 0.3) is 0 Å². The number of carbonyl (C=O) groups is 1. The first kappa shape index (κ1) is 12.7. The second-order valence-electron chi connectivity index (χ2n) is 5.80. The van der Waals surface area contributed by atoms with Crippen LogP contribution >= 0.6 is 0 Å². The van der Waals surface area contributed by atoms with Crippen LogP contribution in [0.4, 0.5) is 0 Å². The number of ether oxygens (including phenoxy) is 1. The third-order valence-electron chi connectivity index (χ3n) is 4.64. The number of fused-ring (bicyclic) bond motifs is 1. The SMILES string of the molecule is O=C(OC1CC[C@]2(O)CCCC[C@H]12)c1ccccc1. The van der Waals surface area contributed by atoms with Crippen LogP contribution in [0, 0.1) is 5.92 Å². The molecule has 0 heterocycles.